The Morgan fingerprint density at radius 3 is 2.76 bits per heavy atom. The molecule has 7 heteroatoms. The molecule has 0 aliphatic heterocycles. The van der Waals surface area contributed by atoms with Crippen molar-refractivity contribution >= 4 is 5.96 Å². The number of methoxy groups -OCH3 is 1. The Kier molecular flexibility index (Phi) is 5.55. The molecule has 1 aliphatic rings. The van der Waals surface area contributed by atoms with Crippen LogP contribution >= 0.6 is 0 Å². The third-order valence-electron chi connectivity index (χ3n) is 4.09. The average molecular weight is 295 g/mol. The molecule has 0 radical (unpaired) electrons. The quantitative estimate of drug-likeness (QED) is 0.582. The molecule has 2 rings (SSSR count). The first kappa shape index (κ1) is 15.8. The highest BCUT2D eigenvalue weighted by Gasteiger charge is 2.36. The number of nitrogens with zero attached hydrogens (tertiary/aromatic N) is 3. The van der Waals surface area contributed by atoms with Crippen molar-refractivity contribution in [2.24, 2.45) is 10.4 Å². The fraction of sp³-hybridized carbons (Fsp3) is 0.786. The van der Waals surface area contributed by atoms with Gasteiger partial charge in [-0.25, -0.2) is 0 Å². The van der Waals surface area contributed by atoms with Gasteiger partial charge in [0.25, 0.3) is 0 Å². The van der Waals surface area contributed by atoms with Gasteiger partial charge in [-0.3, -0.25) is 4.99 Å². The van der Waals surface area contributed by atoms with E-state index in [4.69, 9.17) is 9.26 Å². The lowest BCUT2D eigenvalue weighted by atomic mass is 9.67. The number of hydrogen-bond donors (Lipinski definition) is 2. The highest BCUT2D eigenvalue weighted by Crippen LogP contribution is 2.43. The summed E-state index contributed by atoms with van der Waals surface area (Å²) in [4.78, 5) is 8.38. The molecule has 1 aliphatic carbocycles. The van der Waals surface area contributed by atoms with Crippen molar-refractivity contribution in [1.82, 2.24) is 20.8 Å². The second kappa shape index (κ2) is 7.40. The molecule has 0 saturated heterocycles. The van der Waals surface area contributed by atoms with E-state index in [1.54, 1.807) is 21.1 Å². The largest absolute Gasteiger partial charge is 0.385 e. The zero-order chi connectivity index (χ0) is 15.1. The minimum atomic E-state index is 0.357. The smallest absolute Gasteiger partial charge is 0.223 e. The van der Waals surface area contributed by atoms with Crippen molar-refractivity contribution in [2.45, 2.75) is 39.2 Å². The van der Waals surface area contributed by atoms with E-state index in [2.05, 4.69) is 25.8 Å². The maximum Gasteiger partial charge on any atom is 0.223 e. The Bertz CT molecular complexity index is 468. The van der Waals surface area contributed by atoms with Crippen molar-refractivity contribution in [3.8, 4) is 0 Å². The zero-order valence-electron chi connectivity index (χ0n) is 13.1. The number of aryl methyl sites for hydroxylation is 1. The first-order chi connectivity index (χ1) is 10.2. The van der Waals surface area contributed by atoms with Crippen molar-refractivity contribution in [3.05, 3.63) is 11.7 Å². The standard InChI is InChI=1S/C14H25N5O2/c1-11-18-12(19-21-11)9-16-13(15-2)17-10-14(5-4-6-14)7-8-20-3/h4-10H2,1-3H3,(H2,15,16,17). The van der Waals surface area contributed by atoms with E-state index in [0.717, 1.165) is 25.5 Å². The van der Waals surface area contributed by atoms with Gasteiger partial charge in [0, 0.05) is 34.2 Å². The topological polar surface area (TPSA) is 84.6 Å². The van der Waals surface area contributed by atoms with E-state index < -0.39 is 0 Å². The summed E-state index contributed by atoms with van der Waals surface area (Å²) in [5.74, 6) is 1.97. The van der Waals surface area contributed by atoms with Crippen molar-refractivity contribution in [1.29, 1.82) is 0 Å². The Labute approximate surface area is 125 Å². The maximum absolute atomic E-state index is 5.21. The van der Waals surface area contributed by atoms with Crippen molar-refractivity contribution < 1.29 is 9.26 Å². The second-order valence-electron chi connectivity index (χ2n) is 5.61. The van der Waals surface area contributed by atoms with Gasteiger partial charge in [-0.2, -0.15) is 4.98 Å². The molecule has 1 saturated carbocycles. The predicted molar refractivity (Wildman–Crippen MR) is 80.0 cm³/mol. The van der Waals surface area contributed by atoms with Crippen LogP contribution in [0.15, 0.2) is 9.52 Å². The van der Waals surface area contributed by atoms with Gasteiger partial charge in [-0.05, 0) is 24.7 Å². The highest BCUT2D eigenvalue weighted by atomic mass is 16.5. The SMILES string of the molecule is CN=C(NCc1noc(C)n1)NCC1(CCOC)CCC1. The van der Waals surface area contributed by atoms with Gasteiger partial charge in [0.15, 0.2) is 11.8 Å². The minimum absolute atomic E-state index is 0.357. The summed E-state index contributed by atoms with van der Waals surface area (Å²) in [7, 11) is 3.52. The molecule has 1 aromatic rings. The summed E-state index contributed by atoms with van der Waals surface area (Å²) in [5.41, 5.74) is 0.357. The molecule has 118 valence electrons. The zero-order valence-corrected chi connectivity index (χ0v) is 13.1. The van der Waals surface area contributed by atoms with Crippen LogP contribution in [0.3, 0.4) is 0 Å². The molecular formula is C14H25N5O2. The van der Waals surface area contributed by atoms with E-state index in [1.807, 2.05) is 0 Å². The van der Waals surface area contributed by atoms with Gasteiger partial charge >= 0.3 is 0 Å². The average Bonchev–Trinajstić information content (AvgIpc) is 2.86. The molecule has 1 heterocycles. The molecule has 7 nitrogen and oxygen atoms in total. The Morgan fingerprint density at radius 1 is 1.43 bits per heavy atom. The molecule has 1 fully saturated rings. The lowest BCUT2D eigenvalue weighted by Crippen LogP contribution is -2.46. The van der Waals surface area contributed by atoms with Gasteiger partial charge in [0.05, 0.1) is 6.54 Å². The molecule has 0 atom stereocenters. The third kappa shape index (κ3) is 4.42. The molecular weight excluding hydrogens is 270 g/mol. The van der Waals surface area contributed by atoms with E-state index in [0.29, 0.717) is 23.7 Å². The van der Waals surface area contributed by atoms with Gasteiger partial charge in [0.1, 0.15) is 0 Å². The lowest BCUT2D eigenvalue weighted by Gasteiger charge is -2.42. The number of aromatic nitrogens is 2. The summed E-state index contributed by atoms with van der Waals surface area (Å²) in [6.07, 6.45) is 4.91. The van der Waals surface area contributed by atoms with Crippen molar-refractivity contribution in [2.75, 3.05) is 27.3 Å². The summed E-state index contributed by atoms with van der Waals surface area (Å²) < 4.78 is 10.2. The fourth-order valence-corrected chi connectivity index (χ4v) is 2.58. The maximum atomic E-state index is 5.21. The molecule has 21 heavy (non-hydrogen) atoms. The predicted octanol–water partition coefficient (Wildman–Crippen LogP) is 1.25. The summed E-state index contributed by atoms with van der Waals surface area (Å²) >= 11 is 0. The van der Waals surface area contributed by atoms with Gasteiger partial charge in [0.2, 0.25) is 5.89 Å². The van der Waals surface area contributed by atoms with Crippen LogP contribution in [0.2, 0.25) is 0 Å². The molecule has 0 amide bonds. The number of nitrogens with one attached hydrogen (secondary N) is 2. The second-order valence-corrected chi connectivity index (χ2v) is 5.61. The van der Waals surface area contributed by atoms with Crippen LogP contribution in [0, 0.1) is 12.3 Å². The number of guanidine groups is 1. The first-order valence-corrected chi connectivity index (χ1v) is 7.40. The Hall–Kier alpha value is -1.63. The fourth-order valence-electron chi connectivity index (χ4n) is 2.58. The molecule has 0 unspecified atom stereocenters. The minimum Gasteiger partial charge on any atom is -0.385 e. The number of aliphatic imine (C=N–C) groups is 1. The van der Waals surface area contributed by atoms with E-state index in [-0.39, 0.29) is 0 Å². The normalized spacial score (nSPS) is 17.4. The van der Waals surface area contributed by atoms with Crippen LogP contribution in [-0.2, 0) is 11.3 Å². The first-order valence-electron chi connectivity index (χ1n) is 7.40. The Balaban J connectivity index is 1.77. The van der Waals surface area contributed by atoms with Gasteiger partial charge in [-0.15, -0.1) is 0 Å². The number of ether oxygens (including phenoxy) is 1. The van der Waals surface area contributed by atoms with Crippen molar-refractivity contribution in [3.63, 3.8) is 0 Å². The van der Waals surface area contributed by atoms with Crippen LogP contribution in [-0.4, -0.2) is 43.4 Å². The van der Waals surface area contributed by atoms with Crippen LogP contribution in [0.5, 0.6) is 0 Å². The van der Waals surface area contributed by atoms with Gasteiger partial charge < -0.3 is 19.9 Å². The van der Waals surface area contributed by atoms with Crippen LogP contribution < -0.4 is 10.6 Å². The van der Waals surface area contributed by atoms with Crippen LogP contribution in [0.1, 0.15) is 37.4 Å². The number of hydrogen-bond acceptors (Lipinski definition) is 5. The lowest BCUT2D eigenvalue weighted by molar-refractivity contribution is 0.0732. The van der Waals surface area contributed by atoms with E-state index in [9.17, 15) is 0 Å². The van der Waals surface area contributed by atoms with E-state index >= 15 is 0 Å². The molecule has 0 spiro atoms. The van der Waals surface area contributed by atoms with E-state index in [1.165, 1.54) is 19.3 Å². The molecule has 2 N–H and O–H groups in total. The summed E-state index contributed by atoms with van der Waals surface area (Å²) in [6.45, 7) is 4.01. The summed E-state index contributed by atoms with van der Waals surface area (Å²) in [5, 5.41) is 10.4. The van der Waals surface area contributed by atoms with Crippen LogP contribution in [0.4, 0.5) is 0 Å². The molecule has 1 aromatic heterocycles. The monoisotopic (exact) mass is 295 g/mol. The molecule has 0 bridgehead atoms. The Morgan fingerprint density at radius 2 is 2.24 bits per heavy atom. The highest BCUT2D eigenvalue weighted by molar-refractivity contribution is 5.79. The number of rotatable bonds is 7. The van der Waals surface area contributed by atoms with Crippen LogP contribution in [0.25, 0.3) is 0 Å². The molecule has 0 aromatic carbocycles. The summed E-state index contributed by atoms with van der Waals surface area (Å²) in [6, 6.07) is 0. The van der Waals surface area contributed by atoms with Gasteiger partial charge in [-0.1, -0.05) is 11.6 Å². The third-order valence-corrected chi connectivity index (χ3v) is 4.09.